The zero-order valence-corrected chi connectivity index (χ0v) is 15.5. The van der Waals surface area contributed by atoms with Crippen molar-refractivity contribution in [2.75, 3.05) is 25.6 Å². The molecular formula is C18H18BrNO5. The van der Waals surface area contributed by atoms with Crippen LogP contribution >= 0.6 is 15.9 Å². The summed E-state index contributed by atoms with van der Waals surface area (Å²) in [4.78, 5) is 23.9. The minimum atomic E-state index is -0.592. The predicted molar refractivity (Wildman–Crippen MR) is 97.2 cm³/mol. The normalized spacial score (nSPS) is 10.0. The van der Waals surface area contributed by atoms with Crippen LogP contribution in [0.15, 0.2) is 46.9 Å². The lowest BCUT2D eigenvalue weighted by Gasteiger charge is -2.09. The van der Waals surface area contributed by atoms with Crippen LogP contribution in [0.3, 0.4) is 0 Å². The van der Waals surface area contributed by atoms with E-state index in [-0.39, 0.29) is 6.61 Å². The van der Waals surface area contributed by atoms with E-state index < -0.39 is 11.9 Å². The molecule has 0 aliphatic carbocycles. The monoisotopic (exact) mass is 407 g/mol. The first-order chi connectivity index (χ1) is 12.0. The minimum absolute atomic E-state index is 0.321. The highest BCUT2D eigenvalue weighted by molar-refractivity contribution is 9.10. The molecule has 0 aromatic heterocycles. The fourth-order valence-electron chi connectivity index (χ4n) is 2.01. The van der Waals surface area contributed by atoms with E-state index in [0.29, 0.717) is 28.1 Å². The number of hydrogen-bond acceptors (Lipinski definition) is 5. The Bertz CT molecular complexity index is 746. The van der Waals surface area contributed by atoms with Crippen molar-refractivity contribution in [3.8, 4) is 11.5 Å². The van der Waals surface area contributed by atoms with Gasteiger partial charge in [0.05, 0.1) is 23.8 Å². The van der Waals surface area contributed by atoms with Crippen LogP contribution in [0.4, 0.5) is 5.69 Å². The van der Waals surface area contributed by atoms with Gasteiger partial charge in [-0.25, -0.2) is 4.79 Å². The lowest BCUT2D eigenvalue weighted by atomic mass is 10.2. The SMILES string of the molecule is CCOc1ccc(NC(=O)COC(=O)c2ccc(OC)c(Br)c2)cc1. The van der Waals surface area contributed by atoms with E-state index in [0.717, 1.165) is 5.75 Å². The first kappa shape index (κ1) is 18.8. The van der Waals surface area contributed by atoms with E-state index in [4.69, 9.17) is 14.2 Å². The molecule has 0 radical (unpaired) electrons. The van der Waals surface area contributed by atoms with Crippen LogP contribution in [0.2, 0.25) is 0 Å². The Hall–Kier alpha value is -2.54. The third-order valence-corrected chi connectivity index (χ3v) is 3.79. The van der Waals surface area contributed by atoms with Gasteiger partial charge in [-0.1, -0.05) is 0 Å². The Morgan fingerprint density at radius 1 is 1.12 bits per heavy atom. The predicted octanol–water partition coefficient (Wildman–Crippen LogP) is 3.65. The maximum absolute atomic E-state index is 12.0. The lowest BCUT2D eigenvalue weighted by Crippen LogP contribution is -2.20. The maximum atomic E-state index is 12.0. The highest BCUT2D eigenvalue weighted by Crippen LogP contribution is 2.25. The molecular weight excluding hydrogens is 390 g/mol. The number of nitrogens with one attached hydrogen (secondary N) is 1. The van der Waals surface area contributed by atoms with Crippen molar-refractivity contribution in [2.45, 2.75) is 6.92 Å². The summed E-state index contributed by atoms with van der Waals surface area (Å²) in [5.74, 6) is 0.303. The molecule has 25 heavy (non-hydrogen) atoms. The largest absolute Gasteiger partial charge is 0.496 e. The van der Waals surface area contributed by atoms with Gasteiger partial charge in [0, 0.05) is 5.69 Å². The van der Waals surface area contributed by atoms with Crippen LogP contribution in [-0.4, -0.2) is 32.2 Å². The number of esters is 1. The Kier molecular flexibility index (Phi) is 6.82. The maximum Gasteiger partial charge on any atom is 0.338 e. The van der Waals surface area contributed by atoms with Crippen molar-refractivity contribution in [1.29, 1.82) is 0 Å². The fraction of sp³-hybridized carbons (Fsp3) is 0.222. The molecule has 0 aliphatic heterocycles. The molecule has 2 aromatic carbocycles. The van der Waals surface area contributed by atoms with Gasteiger partial charge in [-0.05, 0) is 65.3 Å². The van der Waals surface area contributed by atoms with Gasteiger partial charge < -0.3 is 19.5 Å². The first-order valence-electron chi connectivity index (χ1n) is 7.57. The van der Waals surface area contributed by atoms with Gasteiger partial charge in [0.15, 0.2) is 6.61 Å². The molecule has 0 fully saturated rings. The summed E-state index contributed by atoms with van der Waals surface area (Å²) in [5, 5.41) is 2.65. The van der Waals surface area contributed by atoms with E-state index in [1.807, 2.05) is 6.92 Å². The zero-order chi connectivity index (χ0) is 18.2. The molecule has 0 saturated heterocycles. The standard InChI is InChI=1S/C18H18BrNO5/c1-3-24-14-7-5-13(6-8-14)20-17(21)11-25-18(22)12-4-9-16(23-2)15(19)10-12/h4-10H,3,11H2,1-2H3,(H,20,21). The number of methoxy groups -OCH3 is 1. The number of rotatable bonds is 7. The van der Waals surface area contributed by atoms with Crippen molar-refractivity contribution in [1.82, 2.24) is 0 Å². The molecule has 7 heteroatoms. The van der Waals surface area contributed by atoms with Gasteiger partial charge in [0.25, 0.3) is 5.91 Å². The second kappa shape index (κ2) is 9.08. The second-order valence-corrected chi connectivity index (χ2v) is 5.79. The van der Waals surface area contributed by atoms with E-state index in [9.17, 15) is 9.59 Å². The second-order valence-electron chi connectivity index (χ2n) is 4.93. The summed E-state index contributed by atoms with van der Waals surface area (Å²) < 4.78 is 16.1. The molecule has 0 spiro atoms. The first-order valence-corrected chi connectivity index (χ1v) is 8.36. The molecule has 0 saturated carbocycles. The van der Waals surface area contributed by atoms with Gasteiger partial charge in [0.1, 0.15) is 11.5 Å². The average Bonchev–Trinajstić information content (AvgIpc) is 2.61. The van der Waals surface area contributed by atoms with Crippen LogP contribution in [0, 0.1) is 0 Å². The summed E-state index contributed by atoms with van der Waals surface area (Å²) in [6, 6.07) is 11.7. The smallest absolute Gasteiger partial charge is 0.338 e. The molecule has 2 aromatic rings. The number of ether oxygens (including phenoxy) is 3. The molecule has 0 atom stereocenters. The Morgan fingerprint density at radius 2 is 1.84 bits per heavy atom. The van der Waals surface area contributed by atoms with Crippen molar-refractivity contribution in [3.05, 3.63) is 52.5 Å². The summed E-state index contributed by atoms with van der Waals surface area (Å²) in [6.07, 6.45) is 0. The number of benzene rings is 2. The van der Waals surface area contributed by atoms with Gasteiger partial charge >= 0.3 is 5.97 Å². The number of carbonyl (C=O) groups excluding carboxylic acids is 2. The Morgan fingerprint density at radius 3 is 2.44 bits per heavy atom. The molecule has 1 amide bonds. The zero-order valence-electron chi connectivity index (χ0n) is 13.9. The highest BCUT2D eigenvalue weighted by atomic mass is 79.9. The number of hydrogen-bond donors (Lipinski definition) is 1. The van der Waals surface area contributed by atoms with Crippen LogP contribution < -0.4 is 14.8 Å². The van der Waals surface area contributed by atoms with Crippen LogP contribution in [-0.2, 0) is 9.53 Å². The van der Waals surface area contributed by atoms with Crippen molar-refractivity contribution >= 4 is 33.5 Å². The number of anilines is 1. The van der Waals surface area contributed by atoms with Gasteiger partial charge in [-0.3, -0.25) is 4.79 Å². The van der Waals surface area contributed by atoms with Crippen molar-refractivity contribution < 1.29 is 23.8 Å². The summed E-state index contributed by atoms with van der Waals surface area (Å²) in [5.41, 5.74) is 0.915. The summed E-state index contributed by atoms with van der Waals surface area (Å²) in [7, 11) is 1.53. The summed E-state index contributed by atoms with van der Waals surface area (Å²) >= 11 is 3.29. The molecule has 0 unspecified atom stereocenters. The molecule has 132 valence electrons. The number of halogens is 1. The molecule has 6 nitrogen and oxygen atoms in total. The quantitative estimate of drug-likeness (QED) is 0.708. The number of amides is 1. The Labute approximate surface area is 154 Å². The number of carbonyl (C=O) groups is 2. The molecule has 0 aliphatic rings. The van der Waals surface area contributed by atoms with Crippen LogP contribution in [0.5, 0.6) is 11.5 Å². The summed E-state index contributed by atoms with van der Waals surface area (Å²) in [6.45, 7) is 2.09. The third-order valence-electron chi connectivity index (χ3n) is 3.17. The van der Waals surface area contributed by atoms with Crippen molar-refractivity contribution in [3.63, 3.8) is 0 Å². The third kappa shape index (κ3) is 5.49. The molecule has 1 N–H and O–H groups in total. The van der Waals surface area contributed by atoms with Crippen LogP contribution in [0.1, 0.15) is 17.3 Å². The highest BCUT2D eigenvalue weighted by Gasteiger charge is 2.12. The van der Waals surface area contributed by atoms with Crippen LogP contribution in [0.25, 0.3) is 0 Å². The van der Waals surface area contributed by atoms with Gasteiger partial charge in [-0.2, -0.15) is 0 Å². The van der Waals surface area contributed by atoms with E-state index in [1.165, 1.54) is 7.11 Å². The van der Waals surface area contributed by atoms with E-state index in [1.54, 1.807) is 42.5 Å². The average molecular weight is 408 g/mol. The van der Waals surface area contributed by atoms with Gasteiger partial charge in [0.2, 0.25) is 0 Å². The van der Waals surface area contributed by atoms with E-state index >= 15 is 0 Å². The van der Waals surface area contributed by atoms with Gasteiger partial charge in [-0.15, -0.1) is 0 Å². The van der Waals surface area contributed by atoms with Crippen molar-refractivity contribution in [2.24, 2.45) is 0 Å². The molecule has 0 heterocycles. The Balaban J connectivity index is 1.86. The molecule has 2 rings (SSSR count). The van der Waals surface area contributed by atoms with E-state index in [2.05, 4.69) is 21.2 Å². The lowest BCUT2D eigenvalue weighted by molar-refractivity contribution is -0.119. The topological polar surface area (TPSA) is 73.9 Å². The minimum Gasteiger partial charge on any atom is -0.496 e. The fourth-order valence-corrected chi connectivity index (χ4v) is 2.55. The molecule has 0 bridgehead atoms.